The summed E-state index contributed by atoms with van der Waals surface area (Å²) in [5.74, 6) is 2.34. The number of nitriles is 2. The molecule has 1 aliphatic heterocycles. The summed E-state index contributed by atoms with van der Waals surface area (Å²) in [5.41, 5.74) is 0.965. The lowest BCUT2D eigenvalue weighted by Crippen LogP contribution is -2.22. The number of nitrogens with zero attached hydrogens (tertiary/aromatic N) is 4. The van der Waals surface area contributed by atoms with Gasteiger partial charge in [-0.3, -0.25) is 4.68 Å². The molecule has 1 N–H and O–H groups in total. The van der Waals surface area contributed by atoms with Gasteiger partial charge in [0.25, 0.3) is 6.71 Å². The molecular weight excluding hydrogens is 273 g/mol. The molecule has 0 aromatic carbocycles. The molecular formula is C16H28BN5. The van der Waals surface area contributed by atoms with Gasteiger partial charge in [0.05, 0.1) is 30.4 Å². The predicted octanol–water partition coefficient (Wildman–Crippen LogP) is 4.15. The van der Waals surface area contributed by atoms with E-state index in [0.717, 1.165) is 31.2 Å². The van der Waals surface area contributed by atoms with Crippen LogP contribution in [-0.4, -0.2) is 23.0 Å². The van der Waals surface area contributed by atoms with Crippen molar-refractivity contribution in [3.8, 4) is 12.0 Å². The van der Waals surface area contributed by atoms with Crippen LogP contribution < -0.4 is 5.32 Å². The highest BCUT2D eigenvalue weighted by Gasteiger charge is 2.25. The first-order valence-electron chi connectivity index (χ1n) is 8.38. The van der Waals surface area contributed by atoms with Crippen LogP contribution in [0.4, 0.5) is 5.69 Å². The van der Waals surface area contributed by atoms with Crippen LogP contribution in [0.25, 0.3) is 0 Å². The van der Waals surface area contributed by atoms with Gasteiger partial charge in [0.15, 0.2) is 0 Å². The van der Waals surface area contributed by atoms with Gasteiger partial charge >= 0.3 is 0 Å². The highest BCUT2D eigenvalue weighted by Crippen LogP contribution is 2.29. The van der Waals surface area contributed by atoms with Gasteiger partial charge in [-0.1, -0.05) is 40.3 Å². The number of rotatable bonds is 4. The average molecular weight is 301 g/mol. The summed E-state index contributed by atoms with van der Waals surface area (Å²) in [4.78, 5) is 0. The number of nitrogens with one attached hydrogen (secondary N) is 1. The third-order valence-electron chi connectivity index (χ3n) is 3.42. The van der Waals surface area contributed by atoms with E-state index in [1.165, 1.54) is 0 Å². The van der Waals surface area contributed by atoms with Crippen LogP contribution in [0, 0.1) is 22.6 Å². The number of anilines is 1. The van der Waals surface area contributed by atoms with Crippen LogP contribution in [0.2, 0.25) is 12.6 Å². The molecule has 2 heterocycles. The van der Waals surface area contributed by atoms with Crippen molar-refractivity contribution in [2.24, 2.45) is 0 Å². The average Bonchev–Trinajstić information content (AvgIpc) is 3.08. The molecule has 0 radical (unpaired) electrons. The summed E-state index contributed by atoms with van der Waals surface area (Å²) in [6.07, 6.45) is 8.28. The summed E-state index contributed by atoms with van der Waals surface area (Å²) in [7, 11) is 0. The Labute approximate surface area is 135 Å². The van der Waals surface area contributed by atoms with Gasteiger partial charge in [0.1, 0.15) is 0 Å². The van der Waals surface area contributed by atoms with Crippen molar-refractivity contribution in [3.05, 3.63) is 12.4 Å². The van der Waals surface area contributed by atoms with Crippen molar-refractivity contribution in [1.82, 2.24) is 9.78 Å². The molecule has 22 heavy (non-hydrogen) atoms. The van der Waals surface area contributed by atoms with Gasteiger partial charge in [-0.15, -0.1) is 0 Å². The minimum absolute atomic E-state index is 0.227. The van der Waals surface area contributed by atoms with Crippen molar-refractivity contribution in [3.63, 3.8) is 0 Å². The Morgan fingerprint density at radius 2 is 1.91 bits per heavy atom. The van der Waals surface area contributed by atoms with E-state index in [0.29, 0.717) is 19.0 Å². The molecule has 0 atom stereocenters. The fourth-order valence-corrected chi connectivity index (χ4v) is 2.36. The zero-order chi connectivity index (χ0) is 16.8. The summed E-state index contributed by atoms with van der Waals surface area (Å²) < 4.78 is 1.99. The minimum atomic E-state index is 0.227. The molecule has 1 aromatic heterocycles. The predicted molar refractivity (Wildman–Crippen MR) is 92.9 cm³/mol. The van der Waals surface area contributed by atoms with Crippen LogP contribution in [0.3, 0.4) is 0 Å². The van der Waals surface area contributed by atoms with E-state index in [1.54, 1.807) is 6.20 Å². The molecule has 0 bridgehead atoms. The first-order valence-corrected chi connectivity index (χ1v) is 8.38. The second-order valence-electron chi connectivity index (χ2n) is 4.68. The standard InChI is InChI=1S/C12H16BN5.2C2H6/c14-6-1-7-16-11-8-17-18(9-11)12-2-4-13(10-15)5-3-12;2*1-2/h8-9,12,16H,1-5,7H2;2*1-2H3. The molecule has 1 aromatic rings. The van der Waals surface area contributed by atoms with Crippen LogP contribution in [0.15, 0.2) is 12.4 Å². The molecule has 0 unspecified atom stereocenters. The molecule has 120 valence electrons. The normalized spacial score (nSPS) is 13.6. The van der Waals surface area contributed by atoms with Crippen LogP contribution in [0.5, 0.6) is 0 Å². The van der Waals surface area contributed by atoms with Gasteiger partial charge in [-0.25, -0.2) is 5.26 Å². The molecule has 0 aliphatic carbocycles. The topological polar surface area (TPSA) is 77.4 Å². The molecule has 5 nitrogen and oxygen atoms in total. The van der Waals surface area contributed by atoms with Crippen molar-refractivity contribution < 1.29 is 0 Å². The molecule has 2 rings (SSSR count). The first-order chi connectivity index (χ1) is 10.8. The Morgan fingerprint density at radius 3 is 2.45 bits per heavy atom. The molecule has 1 aliphatic rings. The Hall–Kier alpha value is -1.95. The summed E-state index contributed by atoms with van der Waals surface area (Å²) in [5, 5.41) is 24.9. The van der Waals surface area contributed by atoms with E-state index >= 15 is 0 Å². The minimum Gasteiger partial charge on any atom is -0.381 e. The quantitative estimate of drug-likeness (QED) is 0.669. The van der Waals surface area contributed by atoms with E-state index in [2.05, 4.69) is 22.5 Å². The summed E-state index contributed by atoms with van der Waals surface area (Å²) in [6.45, 7) is 8.88. The maximum atomic E-state index is 8.86. The summed E-state index contributed by atoms with van der Waals surface area (Å²) in [6, 6.07) is 2.52. The molecule has 0 saturated carbocycles. The molecule has 1 fully saturated rings. The van der Waals surface area contributed by atoms with Crippen molar-refractivity contribution in [1.29, 1.82) is 10.5 Å². The third-order valence-corrected chi connectivity index (χ3v) is 3.42. The van der Waals surface area contributed by atoms with Crippen LogP contribution in [0.1, 0.15) is 53.0 Å². The van der Waals surface area contributed by atoms with Crippen molar-refractivity contribution >= 4 is 12.4 Å². The smallest absolute Gasteiger partial charge is 0.268 e. The second kappa shape index (κ2) is 12.8. The van der Waals surface area contributed by atoms with Gasteiger partial charge in [-0.2, -0.15) is 10.4 Å². The molecule has 0 amide bonds. The van der Waals surface area contributed by atoms with Crippen LogP contribution in [-0.2, 0) is 0 Å². The third kappa shape index (κ3) is 6.67. The van der Waals surface area contributed by atoms with Gasteiger partial charge in [-0.05, 0) is 12.8 Å². The van der Waals surface area contributed by atoms with Crippen molar-refractivity contribution in [2.45, 2.75) is 65.6 Å². The molecule has 6 heteroatoms. The van der Waals surface area contributed by atoms with Crippen LogP contribution >= 0.6 is 0 Å². The van der Waals surface area contributed by atoms with E-state index in [9.17, 15) is 0 Å². The zero-order valence-corrected chi connectivity index (χ0v) is 14.3. The van der Waals surface area contributed by atoms with E-state index in [1.807, 2.05) is 38.6 Å². The fraction of sp³-hybridized carbons (Fsp3) is 0.688. The fourth-order valence-electron chi connectivity index (χ4n) is 2.36. The molecule has 0 spiro atoms. The monoisotopic (exact) mass is 301 g/mol. The Morgan fingerprint density at radius 1 is 1.27 bits per heavy atom. The zero-order valence-electron chi connectivity index (χ0n) is 14.3. The van der Waals surface area contributed by atoms with Gasteiger partial charge in [0, 0.05) is 18.7 Å². The lowest BCUT2D eigenvalue weighted by molar-refractivity contribution is 0.415. The number of hydrogen-bond acceptors (Lipinski definition) is 4. The Bertz CT molecular complexity index is 464. The number of aromatic nitrogens is 2. The first kappa shape index (κ1) is 20.1. The van der Waals surface area contributed by atoms with Crippen molar-refractivity contribution in [2.75, 3.05) is 11.9 Å². The lowest BCUT2D eigenvalue weighted by Gasteiger charge is -2.23. The number of hydrogen-bond donors (Lipinski definition) is 1. The van der Waals surface area contributed by atoms with Gasteiger partial charge < -0.3 is 5.32 Å². The maximum Gasteiger partial charge on any atom is 0.268 e. The Kier molecular flexibility index (Phi) is 11.6. The Balaban J connectivity index is 0.00000102. The summed E-state index contributed by atoms with van der Waals surface area (Å²) >= 11 is 0. The SMILES string of the molecule is CC.CC.N#CCCNc1cnn(C2CCB(C#N)CC2)c1. The second-order valence-corrected chi connectivity index (χ2v) is 4.68. The highest BCUT2D eigenvalue weighted by molar-refractivity contribution is 6.67. The lowest BCUT2D eigenvalue weighted by atomic mass is 9.42. The molecule has 1 saturated heterocycles. The van der Waals surface area contributed by atoms with Gasteiger partial charge in [0.2, 0.25) is 0 Å². The van der Waals surface area contributed by atoms with E-state index in [4.69, 9.17) is 10.5 Å². The maximum absolute atomic E-state index is 8.86. The van der Waals surface area contributed by atoms with E-state index < -0.39 is 0 Å². The van der Waals surface area contributed by atoms with E-state index in [-0.39, 0.29) is 6.71 Å². The highest BCUT2D eigenvalue weighted by atomic mass is 15.3. The largest absolute Gasteiger partial charge is 0.381 e.